The number of carbonyl (C=O) groups is 3. The molecule has 3 aromatic rings. The molecule has 1 aliphatic rings. The summed E-state index contributed by atoms with van der Waals surface area (Å²) in [6, 6.07) is 12.8. The number of ether oxygens (including phenoxy) is 3. The lowest BCUT2D eigenvalue weighted by Crippen LogP contribution is -2.69. The van der Waals surface area contributed by atoms with Crippen molar-refractivity contribution in [2.75, 3.05) is 13.2 Å². The molecule has 0 saturated carbocycles. The van der Waals surface area contributed by atoms with Gasteiger partial charge in [0.05, 0.1) is 6.61 Å². The monoisotopic (exact) mass is 451 g/mol. The van der Waals surface area contributed by atoms with Crippen molar-refractivity contribution in [2.24, 2.45) is 0 Å². The van der Waals surface area contributed by atoms with Crippen LogP contribution in [0, 0.1) is 0 Å². The van der Waals surface area contributed by atoms with Gasteiger partial charge in [0.25, 0.3) is 17.4 Å². The number of imide groups is 2. The molecule has 2 aromatic carbocycles. The van der Waals surface area contributed by atoms with Gasteiger partial charge in [-0.25, -0.2) is 9.78 Å². The first-order valence-corrected chi connectivity index (χ1v) is 10.2. The van der Waals surface area contributed by atoms with Crippen LogP contribution in [-0.2, 0) is 14.3 Å². The molecule has 2 heterocycles. The molecule has 0 radical (unpaired) electrons. The van der Waals surface area contributed by atoms with Crippen molar-refractivity contribution in [3.63, 3.8) is 0 Å². The fourth-order valence-corrected chi connectivity index (χ4v) is 3.24. The van der Waals surface area contributed by atoms with Crippen molar-refractivity contribution < 1.29 is 33.0 Å². The number of aromatic nitrogens is 1. The summed E-state index contributed by atoms with van der Waals surface area (Å²) in [5, 5.41) is 4.16. The highest BCUT2D eigenvalue weighted by Crippen LogP contribution is 2.29. The van der Waals surface area contributed by atoms with Crippen molar-refractivity contribution in [1.82, 2.24) is 15.6 Å². The van der Waals surface area contributed by atoms with Gasteiger partial charge in [0.2, 0.25) is 0 Å². The highest BCUT2D eigenvalue weighted by atomic mass is 16.5. The van der Waals surface area contributed by atoms with Gasteiger partial charge in [-0.1, -0.05) is 0 Å². The van der Waals surface area contributed by atoms with Crippen LogP contribution in [0.2, 0.25) is 0 Å². The molecule has 0 unspecified atom stereocenters. The highest BCUT2D eigenvalue weighted by Gasteiger charge is 2.52. The number of hydrogen-bond donors (Lipinski definition) is 2. The SMILES string of the molecule is CCOCCC1(Oc2ccc(Oc3ccc(-c4cocn4)cc3)cc2)C(=O)NC(=O)NC1=O. The number of rotatable bonds is 9. The number of barbiturate groups is 1. The lowest BCUT2D eigenvalue weighted by atomic mass is 9.95. The van der Waals surface area contributed by atoms with Gasteiger partial charge < -0.3 is 18.6 Å². The van der Waals surface area contributed by atoms with Gasteiger partial charge in [-0.05, 0) is 55.5 Å². The maximum atomic E-state index is 12.5. The Morgan fingerprint density at radius 3 is 2.09 bits per heavy atom. The van der Waals surface area contributed by atoms with Gasteiger partial charge >= 0.3 is 6.03 Å². The van der Waals surface area contributed by atoms with Crippen LogP contribution >= 0.6 is 0 Å². The zero-order valence-corrected chi connectivity index (χ0v) is 17.7. The molecule has 0 atom stereocenters. The molecule has 170 valence electrons. The molecule has 1 aliphatic heterocycles. The number of benzene rings is 2. The summed E-state index contributed by atoms with van der Waals surface area (Å²) in [5.74, 6) is -0.312. The van der Waals surface area contributed by atoms with E-state index in [1.165, 1.54) is 6.39 Å². The minimum Gasteiger partial charge on any atom is -0.467 e. The molecule has 0 spiro atoms. The molecule has 0 aliphatic carbocycles. The fraction of sp³-hybridized carbons (Fsp3) is 0.217. The van der Waals surface area contributed by atoms with Crippen LogP contribution in [0.15, 0.2) is 65.6 Å². The molecule has 10 heteroatoms. The third-order valence-corrected chi connectivity index (χ3v) is 4.92. The smallest absolute Gasteiger partial charge is 0.328 e. The van der Waals surface area contributed by atoms with Crippen molar-refractivity contribution in [3.05, 3.63) is 61.2 Å². The highest BCUT2D eigenvalue weighted by molar-refractivity contribution is 6.21. The predicted molar refractivity (Wildman–Crippen MR) is 115 cm³/mol. The van der Waals surface area contributed by atoms with E-state index in [1.54, 1.807) is 49.6 Å². The molecule has 1 saturated heterocycles. The first-order valence-electron chi connectivity index (χ1n) is 10.2. The molecular weight excluding hydrogens is 430 g/mol. The van der Waals surface area contributed by atoms with Gasteiger partial charge in [-0.3, -0.25) is 20.2 Å². The van der Waals surface area contributed by atoms with E-state index < -0.39 is 23.4 Å². The first kappa shape index (κ1) is 22.0. The largest absolute Gasteiger partial charge is 0.467 e. The Kier molecular flexibility index (Phi) is 6.36. The van der Waals surface area contributed by atoms with E-state index in [0.717, 1.165) is 11.3 Å². The second kappa shape index (κ2) is 9.53. The van der Waals surface area contributed by atoms with Crippen LogP contribution in [0.5, 0.6) is 17.2 Å². The van der Waals surface area contributed by atoms with Gasteiger partial charge in [0.1, 0.15) is 29.2 Å². The van der Waals surface area contributed by atoms with E-state index in [1.807, 2.05) is 12.1 Å². The molecule has 4 amide bonds. The van der Waals surface area contributed by atoms with Crippen LogP contribution in [-0.4, -0.2) is 41.6 Å². The number of hydrogen-bond acceptors (Lipinski definition) is 8. The summed E-state index contributed by atoms with van der Waals surface area (Å²) in [7, 11) is 0. The van der Waals surface area contributed by atoms with E-state index >= 15 is 0 Å². The Labute approximate surface area is 188 Å². The van der Waals surface area contributed by atoms with E-state index in [2.05, 4.69) is 15.6 Å². The van der Waals surface area contributed by atoms with E-state index in [0.29, 0.717) is 18.1 Å². The predicted octanol–water partition coefficient (Wildman–Crippen LogP) is 3.04. The van der Waals surface area contributed by atoms with Crippen LogP contribution < -0.4 is 20.1 Å². The average Bonchev–Trinajstić information content (AvgIpc) is 3.34. The van der Waals surface area contributed by atoms with Gasteiger partial charge in [0.15, 0.2) is 6.39 Å². The minimum atomic E-state index is -1.93. The van der Waals surface area contributed by atoms with E-state index in [-0.39, 0.29) is 18.8 Å². The summed E-state index contributed by atoms with van der Waals surface area (Å²) in [6.45, 7) is 2.29. The zero-order valence-electron chi connectivity index (χ0n) is 17.7. The third-order valence-electron chi connectivity index (χ3n) is 4.92. The molecule has 33 heavy (non-hydrogen) atoms. The van der Waals surface area contributed by atoms with E-state index in [9.17, 15) is 14.4 Å². The summed E-state index contributed by atoms with van der Waals surface area (Å²) in [4.78, 5) is 40.7. The third kappa shape index (κ3) is 4.85. The Balaban J connectivity index is 1.46. The minimum absolute atomic E-state index is 0.0676. The normalized spacial score (nSPS) is 15.0. The number of oxazole rings is 1. The summed E-state index contributed by atoms with van der Waals surface area (Å²) >= 11 is 0. The van der Waals surface area contributed by atoms with Crippen molar-refractivity contribution in [1.29, 1.82) is 0 Å². The number of nitrogens with one attached hydrogen (secondary N) is 2. The molecule has 10 nitrogen and oxygen atoms in total. The fourth-order valence-electron chi connectivity index (χ4n) is 3.24. The maximum absolute atomic E-state index is 12.5. The molecule has 1 aromatic heterocycles. The van der Waals surface area contributed by atoms with Crippen molar-refractivity contribution in [3.8, 4) is 28.5 Å². The Morgan fingerprint density at radius 1 is 0.909 bits per heavy atom. The molecule has 0 bridgehead atoms. The topological polar surface area (TPSA) is 129 Å². The molecule has 2 N–H and O–H groups in total. The second-order valence-corrected chi connectivity index (χ2v) is 7.08. The lowest BCUT2D eigenvalue weighted by molar-refractivity contribution is -0.153. The van der Waals surface area contributed by atoms with Crippen LogP contribution in [0.4, 0.5) is 4.79 Å². The summed E-state index contributed by atoms with van der Waals surface area (Å²) in [6.07, 6.45) is 2.85. The summed E-state index contributed by atoms with van der Waals surface area (Å²) in [5.41, 5.74) is -0.318. The molecular formula is C23H21N3O7. The maximum Gasteiger partial charge on any atom is 0.328 e. The van der Waals surface area contributed by atoms with Crippen LogP contribution in [0.3, 0.4) is 0 Å². The first-order chi connectivity index (χ1) is 16.0. The van der Waals surface area contributed by atoms with Gasteiger partial charge in [-0.2, -0.15) is 0 Å². The zero-order chi connectivity index (χ0) is 23.3. The van der Waals surface area contributed by atoms with Crippen molar-refractivity contribution in [2.45, 2.75) is 18.9 Å². The van der Waals surface area contributed by atoms with Gasteiger partial charge in [0, 0.05) is 18.6 Å². The van der Waals surface area contributed by atoms with Crippen molar-refractivity contribution >= 4 is 17.8 Å². The van der Waals surface area contributed by atoms with Crippen LogP contribution in [0.1, 0.15) is 13.3 Å². The number of urea groups is 1. The number of nitrogens with zero attached hydrogens (tertiary/aromatic N) is 1. The number of amides is 4. The second-order valence-electron chi connectivity index (χ2n) is 7.08. The molecule has 4 rings (SSSR count). The molecule has 1 fully saturated rings. The van der Waals surface area contributed by atoms with E-state index in [4.69, 9.17) is 18.6 Å². The lowest BCUT2D eigenvalue weighted by Gasteiger charge is -2.34. The Bertz CT molecular complexity index is 1110. The Hall–Kier alpha value is -4.18. The average molecular weight is 451 g/mol. The Morgan fingerprint density at radius 2 is 1.52 bits per heavy atom. The quantitative estimate of drug-likeness (QED) is 0.375. The standard InChI is InChI=1S/C23H21N3O7/c1-2-30-12-11-23(20(27)25-22(29)26-21(23)28)33-18-9-7-17(8-10-18)32-16-5-3-15(4-6-16)19-13-31-14-24-19/h3-10,13-14H,2,11-12H2,1H3,(H2,25,26,27,28,29). The number of carbonyl (C=O) groups excluding carboxylic acids is 3. The van der Waals surface area contributed by atoms with Crippen LogP contribution in [0.25, 0.3) is 11.3 Å². The van der Waals surface area contributed by atoms with Gasteiger partial charge in [-0.15, -0.1) is 0 Å². The summed E-state index contributed by atoms with van der Waals surface area (Å²) < 4.78 is 21.9.